The molecule has 0 heterocycles. The number of hydrogen-bond acceptors (Lipinski definition) is 6. The molecule has 0 rings (SSSR count). The van der Waals surface area contributed by atoms with Crippen molar-refractivity contribution in [3.63, 3.8) is 0 Å². The number of carbonyl (C=O) groups excluding carboxylic acids is 3. The smallest absolute Gasteiger partial charge is 0.306 e. The van der Waals surface area contributed by atoms with Crippen LogP contribution in [0.15, 0.2) is 109 Å². The summed E-state index contributed by atoms with van der Waals surface area (Å²) in [6.45, 7) is 6.39. The molecule has 0 N–H and O–H groups in total. The van der Waals surface area contributed by atoms with E-state index in [-0.39, 0.29) is 31.1 Å². The van der Waals surface area contributed by atoms with E-state index in [9.17, 15) is 14.4 Å². The summed E-state index contributed by atoms with van der Waals surface area (Å²) in [5.41, 5.74) is 0. The quantitative estimate of drug-likeness (QED) is 0.0261. The molecule has 0 aliphatic rings. The van der Waals surface area contributed by atoms with Crippen molar-refractivity contribution >= 4 is 17.9 Å². The van der Waals surface area contributed by atoms with Crippen LogP contribution in [0.2, 0.25) is 0 Å². The zero-order valence-electron chi connectivity index (χ0n) is 46.9. The fourth-order valence-electron chi connectivity index (χ4n) is 8.11. The van der Waals surface area contributed by atoms with Crippen LogP contribution in [0.3, 0.4) is 0 Å². The second kappa shape index (κ2) is 59.6. The molecule has 0 amide bonds. The van der Waals surface area contributed by atoms with Gasteiger partial charge < -0.3 is 14.2 Å². The molecule has 6 heteroatoms. The highest BCUT2D eigenvalue weighted by atomic mass is 16.6. The molecule has 0 fully saturated rings. The minimum atomic E-state index is -0.788. The Hall–Kier alpha value is -3.93. The molecular weight excluding hydrogens is 889 g/mol. The maximum Gasteiger partial charge on any atom is 0.306 e. The summed E-state index contributed by atoms with van der Waals surface area (Å²) in [6, 6.07) is 0. The molecule has 0 aliphatic heterocycles. The number of unbranched alkanes of at least 4 members (excludes halogenated alkanes) is 24. The minimum absolute atomic E-state index is 0.0850. The zero-order chi connectivity index (χ0) is 52.2. The van der Waals surface area contributed by atoms with E-state index in [1.165, 1.54) is 96.3 Å². The highest BCUT2D eigenvalue weighted by Crippen LogP contribution is 2.15. The largest absolute Gasteiger partial charge is 0.462 e. The fraction of sp³-hybridized carbons (Fsp3) is 0.682. The van der Waals surface area contributed by atoms with Crippen molar-refractivity contribution in [2.45, 2.75) is 277 Å². The van der Waals surface area contributed by atoms with Crippen molar-refractivity contribution < 1.29 is 28.6 Å². The molecular formula is C66H110O6. The lowest BCUT2D eigenvalue weighted by Gasteiger charge is -2.18. The molecule has 72 heavy (non-hydrogen) atoms. The van der Waals surface area contributed by atoms with Crippen molar-refractivity contribution in [1.29, 1.82) is 0 Å². The molecule has 0 spiro atoms. The lowest BCUT2D eigenvalue weighted by molar-refractivity contribution is -0.167. The van der Waals surface area contributed by atoms with Gasteiger partial charge in [-0.05, 0) is 103 Å². The number of allylic oxidation sites excluding steroid dienone is 18. The highest BCUT2D eigenvalue weighted by molar-refractivity contribution is 5.71. The molecule has 0 aromatic carbocycles. The van der Waals surface area contributed by atoms with E-state index in [4.69, 9.17) is 14.2 Å². The summed E-state index contributed by atoms with van der Waals surface area (Å²) in [4.78, 5) is 38.1. The SMILES string of the molecule is CC/C=C\C/C=C\C/C=C\C/C=C\C/C=C\C/C=C\CCCCCCCCCCCCC(=O)OCC(COC(=O)CCCCCCCCCCCC)OC(=O)CCCCCCC/C=C\C/C=C\C/C=C\CC. The maximum atomic E-state index is 12.8. The van der Waals surface area contributed by atoms with E-state index in [2.05, 4.69) is 130 Å². The van der Waals surface area contributed by atoms with Gasteiger partial charge in [-0.3, -0.25) is 14.4 Å². The topological polar surface area (TPSA) is 78.9 Å². The monoisotopic (exact) mass is 999 g/mol. The van der Waals surface area contributed by atoms with Gasteiger partial charge in [0, 0.05) is 19.3 Å². The van der Waals surface area contributed by atoms with E-state index in [0.717, 1.165) is 135 Å². The fourth-order valence-corrected chi connectivity index (χ4v) is 8.11. The van der Waals surface area contributed by atoms with Crippen LogP contribution in [-0.2, 0) is 28.6 Å². The van der Waals surface area contributed by atoms with Crippen LogP contribution < -0.4 is 0 Å². The van der Waals surface area contributed by atoms with Crippen LogP contribution in [0, 0.1) is 0 Å². The second-order valence-electron chi connectivity index (χ2n) is 19.5. The lowest BCUT2D eigenvalue weighted by atomic mass is 10.1. The Balaban J connectivity index is 4.24. The average molecular weight is 1000 g/mol. The van der Waals surface area contributed by atoms with Crippen molar-refractivity contribution in [3.05, 3.63) is 109 Å². The van der Waals surface area contributed by atoms with Crippen LogP contribution in [0.25, 0.3) is 0 Å². The number of rotatable bonds is 53. The van der Waals surface area contributed by atoms with E-state index in [0.29, 0.717) is 19.3 Å². The van der Waals surface area contributed by atoms with Gasteiger partial charge in [0.05, 0.1) is 0 Å². The Kier molecular flexibility index (Phi) is 56.4. The van der Waals surface area contributed by atoms with Gasteiger partial charge in [-0.15, -0.1) is 0 Å². The predicted octanol–water partition coefficient (Wildman–Crippen LogP) is 20.3. The van der Waals surface area contributed by atoms with Gasteiger partial charge in [0.15, 0.2) is 6.10 Å². The number of carbonyl (C=O) groups is 3. The third-order valence-electron chi connectivity index (χ3n) is 12.5. The normalized spacial score (nSPS) is 12.9. The molecule has 0 bridgehead atoms. The van der Waals surface area contributed by atoms with Crippen molar-refractivity contribution in [2.75, 3.05) is 13.2 Å². The van der Waals surface area contributed by atoms with Crippen LogP contribution >= 0.6 is 0 Å². The standard InChI is InChI=1S/C66H110O6/c1-4-7-10-13-16-19-22-24-26-27-28-29-30-31-32-33-34-35-36-37-38-39-41-42-44-47-50-53-56-59-65(68)71-62-63(61-70-64(67)58-55-52-49-46-21-18-15-12-9-6-3)72-66(69)60-57-54-51-48-45-43-40-25-23-20-17-14-11-8-5-2/h7-8,10-11,16-17,19-20,24-26,28-29,31-32,34-35,40,63H,4-6,9,12-15,18,21-23,27,30,33,36-39,41-62H2,1-3H3/b10-7-,11-8-,19-16-,20-17-,26-24-,29-28-,32-31-,35-34-,40-25-. The molecule has 0 saturated heterocycles. The van der Waals surface area contributed by atoms with Crippen LogP contribution in [0.5, 0.6) is 0 Å². The molecule has 410 valence electrons. The van der Waals surface area contributed by atoms with Crippen molar-refractivity contribution in [1.82, 2.24) is 0 Å². The van der Waals surface area contributed by atoms with Gasteiger partial charge >= 0.3 is 17.9 Å². The van der Waals surface area contributed by atoms with Crippen LogP contribution in [0.1, 0.15) is 271 Å². The summed E-state index contributed by atoms with van der Waals surface area (Å²) >= 11 is 0. The molecule has 0 radical (unpaired) electrons. The maximum absolute atomic E-state index is 12.8. The molecule has 0 aromatic rings. The molecule has 0 aliphatic carbocycles. The molecule has 0 saturated carbocycles. The van der Waals surface area contributed by atoms with E-state index >= 15 is 0 Å². The first-order chi connectivity index (χ1) is 35.5. The van der Waals surface area contributed by atoms with Crippen molar-refractivity contribution in [2.24, 2.45) is 0 Å². The molecule has 1 unspecified atom stereocenters. The van der Waals surface area contributed by atoms with Gasteiger partial charge in [0.1, 0.15) is 13.2 Å². The number of hydrogen-bond donors (Lipinski definition) is 0. The minimum Gasteiger partial charge on any atom is -0.462 e. The highest BCUT2D eigenvalue weighted by Gasteiger charge is 2.19. The first-order valence-electron chi connectivity index (χ1n) is 29.9. The van der Waals surface area contributed by atoms with Crippen molar-refractivity contribution in [3.8, 4) is 0 Å². The van der Waals surface area contributed by atoms with Gasteiger partial charge in [0.25, 0.3) is 0 Å². The third-order valence-corrected chi connectivity index (χ3v) is 12.5. The first-order valence-corrected chi connectivity index (χ1v) is 29.9. The Bertz CT molecular complexity index is 1470. The Morgan fingerprint density at radius 1 is 0.292 bits per heavy atom. The van der Waals surface area contributed by atoms with Crippen LogP contribution in [-0.4, -0.2) is 37.2 Å². The first kappa shape index (κ1) is 68.1. The van der Waals surface area contributed by atoms with E-state index < -0.39 is 6.10 Å². The summed E-state index contributed by atoms with van der Waals surface area (Å²) in [7, 11) is 0. The van der Waals surface area contributed by atoms with E-state index in [1.54, 1.807) is 0 Å². The van der Waals surface area contributed by atoms with Gasteiger partial charge in [0.2, 0.25) is 0 Å². The molecule has 6 nitrogen and oxygen atoms in total. The summed E-state index contributed by atoms with van der Waals surface area (Å²) < 4.78 is 16.8. The Morgan fingerprint density at radius 2 is 0.542 bits per heavy atom. The third kappa shape index (κ3) is 57.0. The Morgan fingerprint density at radius 3 is 0.847 bits per heavy atom. The summed E-state index contributed by atoms with van der Waals surface area (Å²) in [5, 5.41) is 0. The number of ether oxygens (including phenoxy) is 3. The van der Waals surface area contributed by atoms with E-state index in [1.807, 2.05) is 0 Å². The second-order valence-corrected chi connectivity index (χ2v) is 19.5. The summed E-state index contributed by atoms with van der Waals surface area (Å²) in [6.07, 6.45) is 80.9. The predicted molar refractivity (Wildman–Crippen MR) is 311 cm³/mol. The summed E-state index contributed by atoms with van der Waals surface area (Å²) in [5.74, 6) is -0.906. The zero-order valence-corrected chi connectivity index (χ0v) is 46.9. The van der Waals surface area contributed by atoms with Gasteiger partial charge in [-0.2, -0.15) is 0 Å². The lowest BCUT2D eigenvalue weighted by Crippen LogP contribution is -2.30. The molecule has 1 atom stereocenters. The molecule has 0 aromatic heterocycles. The van der Waals surface area contributed by atoms with Gasteiger partial charge in [-0.1, -0.05) is 259 Å². The Labute approximate surface area is 444 Å². The van der Waals surface area contributed by atoms with Crippen LogP contribution in [0.4, 0.5) is 0 Å². The average Bonchev–Trinajstić information content (AvgIpc) is 3.38. The number of esters is 3. The van der Waals surface area contributed by atoms with Gasteiger partial charge in [-0.25, -0.2) is 0 Å².